The van der Waals surface area contributed by atoms with Gasteiger partial charge in [-0.3, -0.25) is 15.2 Å². The monoisotopic (exact) mass is 291 g/mol. The zero-order chi connectivity index (χ0) is 15.3. The van der Waals surface area contributed by atoms with Crippen molar-refractivity contribution in [1.82, 2.24) is 10.4 Å². The first-order chi connectivity index (χ1) is 9.31. The molecule has 0 saturated carbocycles. The molecule has 8 heteroatoms. The predicted octanol–water partition coefficient (Wildman–Crippen LogP) is 1.84. The van der Waals surface area contributed by atoms with Crippen LogP contribution in [0.3, 0.4) is 0 Å². The van der Waals surface area contributed by atoms with E-state index in [0.29, 0.717) is 19.2 Å². The molecule has 5 nitrogen and oxygen atoms in total. The van der Waals surface area contributed by atoms with Crippen LogP contribution in [0.2, 0.25) is 0 Å². The summed E-state index contributed by atoms with van der Waals surface area (Å²) >= 11 is 0. The molecule has 112 valence electrons. The Bertz CT molecular complexity index is 478. The van der Waals surface area contributed by atoms with Crippen molar-refractivity contribution < 1.29 is 22.7 Å². The highest BCUT2D eigenvalue weighted by atomic mass is 19.4. The zero-order valence-corrected chi connectivity index (χ0v) is 11.1. The number of nitrogens with zero attached hydrogens (tertiary/aromatic N) is 1. The Morgan fingerprint density at radius 1 is 1.55 bits per heavy atom. The fraction of sp³-hybridized carbons (Fsp3) is 0.500. The van der Waals surface area contributed by atoms with Gasteiger partial charge >= 0.3 is 6.18 Å². The van der Waals surface area contributed by atoms with Gasteiger partial charge in [-0.2, -0.15) is 13.2 Å². The summed E-state index contributed by atoms with van der Waals surface area (Å²) in [6, 6.07) is 0.928. The number of pyridine rings is 1. The summed E-state index contributed by atoms with van der Waals surface area (Å²) < 4.78 is 43.0. The van der Waals surface area contributed by atoms with E-state index < -0.39 is 17.6 Å². The Hall–Kier alpha value is -1.67. The van der Waals surface area contributed by atoms with E-state index in [-0.39, 0.29) is 17.2 Å². The van der Waals surface area contributed by atoms with Crippen molar-refractivity contribution in [3.63, 3.8) is 0 Å². The molecule has 1 aromatic rings. The van der Waals surface area contributed by atoms with Gasteiger partial charge in [-0.05, 0) is 24.0 Å². The van der Waals surface area contributed by atoms with Gasteiger partial charge in [0, 0.05) is 19.9 Å². The molecule has 0 aromatic carbocycles. The molecule has 0 aliphatic heterocycles. The number of hydrogen-bond acceptors (Lipinski definition) is 4. The number of methoxy groups -OCH3 is 1. The highest BCUT2D eigenvalue weighted by Crippen LogP contribution is 2.32. The van der Waals surface area contributed by atoms with Gasteiger partial charge in [-0.1, -0.05) is 6.92 Å². The lowest BCUT2D eigenvalue weighted by Crippen LogP contribution is -2.32. The zero-order valence-electron chi connectivity index (χ0n) is 11.1. The number of ether oxygens (including phenoxy) is 1. The van der Waals surface area contributed by atoms with E-state index >= 15 is 0 Å². The second-order valence-corrected chi connectivity index (χ2v) is 4.32. The third-order valence-electron chi connectivity index (χ3n) is 2.88. The predicted molar refractivity (Wildman–Crippen MR) is 65.8 cm³/mol. The summed E-state index contributed by atoms with van der Waals surface area (Å²) in [5.74, 6) is 3.96. The van der Waals surface area contributed by atoms with Gasteiger partial charge in [0.25, 0.3) is 5.91 Å². The molecule has 0 bridgehead atoms. The molecule has 0 spiro atoms. The van der Waals surface area contributed by atoms with Crippen LogP contribution in [0.25, 0.3) is 0 Å². The summed E-state index contributed by atoms with van der Waals surface area (Å²) in [7, 11) is 1.49. The summed E-state index contributed by atoms with van der Waals surface area (Å²) in [6.07, 6.45) is -3.43. The van der Waals surface area contributed by atoms with E-state index in [2.05, 4.69) is 4.98 Å². The van der Waals surface area contributed by atoms with Crippen molar-refractivity contribution in [2.75, 3.05) is 13.7 Å². The SMILES string of the molecule is COCC[C@H](C)c1cc(C(F)(F)F)cnc1C(=O)NN. The van der Waals surface area contributed by atoms with Gasteiger partial charge in [0.15, 0.2) is 0 Å². The average molecular weight is 291 g/mol. The standard InChI is InChI=1S/C12H16F3N3O2/c1-7(3-4-20-2)9-5-8(12(13,14)15)6-17-10(9)11(19)18-16/h5-7H,3-4,16H2,1-2H3,(H,18,19)/t7-/m0/s1. The van der Waals surface area contributed by atoms with Crippen molar-refractivity contribution in [1.29, 1.82) is 0 Å². The molecule has 0 radical (unpaired) electrons. The van der Waals surface area contributed by atoms with E-state index in [4.69, 9.17) is 10.6 Å². The van der Waals surface area contributed by atoms with Crippen LogP contribution < -0.4 is 11.3 Å². The van der Waals surface area contributed by atoms with Crippen LogP contribution in [0.5, 0.6) is 0 Å². The van der Waals surface area contributed by atoms with E-state index in [1.165, 1.54) is 7.11 Å². The minimum atomic E-state index is -4.51. The fourth-order valence-corrected chi connectivity index (χ4v) is 1.72. The van der Waals surface area contributed by atoms with Crippen molar-refractivity contribution in [2.45, 2.75) is 25.4 Å². The number of nitrogens with two attached hydrogens (primary N) is 1. The number of alkyl halides is 3. The van der Waals surface area contributed by atoms with E-state index in [1.54, 1.807) is 6.92 Å². The molecule has 20 heavy (non-hydrogen) atoms. The molecule has 0 aliphatic rings. The van der Waals surface area contributed by atoms with Crippen molar-refractivity contribution in [2.24, 2.45) is 5.84 Å². The number of carbonyl (C=O) groups excluding carboxylic acids is 1. The molecular formula is C12H16F3N3O2. The first-order valence-corrected chi connectivity index (χ1v) is 5.88. The quantitative estimate of drug-likeness (QED) is 0.493. The van der Waals surface area contributed by atoms with Crippen molar-refractivity contribution in [3.05, 3.63) is 29.1 Å². The van der Waals surface area contributed by atoms with Crippen LogP contribution in [-0.2, 0) is 10.9 Å². The number of halogens is 3. The second-order valence-electron chi connectivity index (χ2n) is 4.32. The Morgan fingerprint density at radius 2 is 2.20 bits per heavy atom. The lowest BCUT2D eigenvalue weighted by molar-refractivity contribution is -0.137. The van der Waals surface area contributed by atoms with Crippen molar-refractivity contribution >= 4 is 5.91 Å². The van der Waals surface area contributed by atoms with Crippen LogP contribution in [-0.4, -0.2) is 24.6 Å². The van der Waals surface area contributed by atoms with E-state index in [0.717, 1.165) is 6.07 Å². The maximum atomic E-state index is 12.7. The van der Waals surface area contributed by atoms with Crippen LogP contribution in [0.4, 0.5) is 13.2 Å². The third kappa shape index (κ3) is 3.91. The highest BCUT2D eigenvalue weighted by molar-refractivity contribution is 5.93. The molecule has 1 atom stereocenters. The second kappa shape index (κ2) is 6.67. The summed E-state index contributed by atoms with van der Waals surface area (Å²) in [5, 5.41) is 0. The molecule has 1 aromatic heterocycles. The minimum Gasteiger partial charge on any atom is -0.385 e. The first kappa shape index (κ1) is 16.4. The Balaban J connectivity index is 3.22. The number of carbonyl (C=O) groups is 1. The Kier molecular flexibility index (Phi) is 5.46. The molecule has 0 unspecified atom stereocenters. The lowest BCUT2D eigenvalue weighted by Gasteiger charge is -2.17. The topological polar surface area (TPSA) is 77.2 Å². The molecule has 1 rings (SSSR count). The van der Waals surface area contributed by atoms with Gasteiger partial charge < -0.3 is 4.74 Å². The molecule has 1 amide bonds. The maximum absolute atomic E-state index is 12.7. The van der Waals surface area contributed by atoms with Gasteiger partial charge in [-0.15, -0.1) is 0 Å². The van der Waals surface area contributed by atoms with Gasteiger partial charge in [0.2, 0.25) is 0 Å². The average Bonchev–Trinajstić information content (AvgIpc) is 2.42. The van der Waals surface area contributed by atoms with E-state index in [9.17, 15) is 18.0 Å². The summed E-state index contributed by atoms with van der Waals surface area (Å²) in [6.45, 7) is 2.06. The maximum Gasteiger partial charge on any atom is 0.417 e. The molecule has 0 saturated heterocycles. The Labute approximate surface area is 114 Å². The largest absolute Gasteiger partial charge is 0.417 e. The number of aromatic nitrogens is 1. The smallest absolute Gasteiger partial charge is 0.385 e. The van der Waals surface area contributed by atoms with Gasteiger partial charge in [0.1, 0.15) is 5.69 Å². The lowest BCUT2D eigenvalue weighted by atomic mass is 9.94. The molecule has 1 heterocycles. The molecular weight excluding hydrogens is 275 g/mol. The first-order valence-electron chi connectivity index (χ1n) is 5.88. The number of nitrogens with one attached hydrogen (secondary N) is 1. The molecule has 3 N–H and O–H groups in total. The van der Waals surface area contributed by atoms with Crippen LogP contribution in [0.1, 0.15) is 40.9 Å². The minimum absolute atomic E-state index is 0.107. The van der Waals surface area contributed by atoms with Gasteiger partial charge in [0.05, 0.1) is 5.56 Å². The number of amides is 1. The number of hydrazine groups is 1. The fourth-order valence-electron chi connectivity index (χ4n) is 1.72. The highest BCUT2D eigenvalue weighted by Gasteiger charge is 2.32. The number of hydrogen-bond donors (Lipinski definition) is 2. The number of rotatable bonds is 5. The van der Waals surface area contributed by atoms with Crippen LogP contribution >= 0.6 is 0 Å². The third-order valence-corrected chi connectivity index (χ3v) is 2.88. The molecule has 0 fully saturated rings. The summed E-state index contributed by atoms with van der Waals surface area (Å²) in [5.41, 5.74) is 1.07. The van der Waals surface area contributed by atoms with Crippen LogP contribution in [0.15, 0.2) is 12.3 Å². The Morgan fingerprint density at radius 3 is 2.70 bits per heavy atom. The molecule has 0 aliphatic carbocycles. The summed E-state index contributed by atoms with van der Waals surface area (Å²) in [4.78, 5) is 15.2. The van der Waals surface area contributed by atoms with Gasteiger partial charge in [-0.25, -0.2) is 5.84 Å². The normalized spacial score (nSPS) is 13.1. The van der Waals surface area contributed by atoms with E-state index in [1.807, 2.05) is 5.43 Å². The van der Waals surface area contributed by atoms with Crippen LogP contribution in [0, 0.1) is 0 Å². The number of nitrogen functional groups attached to an aromatic ring is 1. The van der Waals surface area contributed by atoms with Crippen molar-refractivity contribution in [3.8, 4) is 0 Å².